The summed E-state index contributed by atoms with van der Waals surface area (Å²) in [4.78, 5) is 14.0. The summed E-state index contributed by atoms with van der Waals surface area (Å²) in [7, 11) is -1.29. The Morgan fingerprint density at radius 1 is 1.61 bits per heavy atom. The molecule has 0 saturated heterocycles. The van der Waals surface area contributed by atoms with Crippen molar-refractivity contribution in [1.29, 1.82) is 0 Å². The summed E-state index contributed by atoms with van der Waals surface area (Å²) < 4.78 is 31.0. The molecule has 11 heteroatoms. The molecule has 0 saturated carbocycles. The zero-order valence-corrected chi connectivity index (χ0v) is 10.6. The van der Waals surface area contributed by atoms with Crippen LogP contribution in [0.1, 0.15) is 6.42 Å². The van der Waals surface area contributed by atoms with Crippen LogP contribution in [-0.2, 0) is 15.0 Å². The summed E-state index contributed by atoms with van der Waals surface area (Å²) in [5.41, 5.74) is 0. The second-order valence-corrected chi connectivity index (χ2v) is 5.02. The number of aliphatic carboxylic acids is 1. The Balaban J connectivity index is 2.66. The van der Waals surface area contributed by atoms with Crippen LogP contribution in [0.3, 0.4) is 0 Å². The number of anilines is 1. The molecule has 0 unspecified atom stereocenters. The van der Waals surface area contributed by atoms with Crippen molar-refractivity contribution in [3.8, 4) is 6.01 Å². The molecule has 0 fully saturated rings. The van der Waals surface area contributed by atoms with E-state index in [2.05, 4.69) is 24.6 Å². The van der Waals surface area contributed by atoms with Gasteiger partial charge in [0.05, 0.1) is 13.5 Å². The molecule has 0 amide bonds. The molecule has 1 heterocycles. The number of carbonyl (C=O) groups is 1. The average molecular weight is 279 g/mol. The second-order valence-electron chi connectivity index (χ2n) is 3.24. The van der Waals surface area contributed by atoms with E-state index >= 15 is 0 Å². The van der Waals surface area contributed by atoms with Crippen molar-refractivity contribution in [2.75, 3.05) is 25.4 Å². The molecule has 0 bridgehead atoms. The van der Waals surface area contributed by atoms with E-state index in [9.17, 15) is 13.2 Å². The van der Waals surface area contributed by atoms with E-state index in [0.29, 0.717) is 0 Å². The number of aromatic nitrogens is 3. The van der Waals surface area contributed by atoms with Gasteiger partial charge in [0, 0.05) is 13.6 Å². The maximum atomic E-state index is 11.7. The van der Waals surface area contributed by atoms with Crippen molar-refractivity contribution >= 4 is 22.1 Å². The van der Waals surface area contributed by atoms with Gasteiger partial charge in [-0.3, -0.25) is 4.79 Å². The third-order valence-corrected chi connectivity index (χ3v) is 3.38. The van der Waals surface area contributed by atoms with Crippen molar-refractivity contribution in [2.24, 2.45) is 0 Å². The third kappa shape index (κ3) is 3.85. The number of aromatic amines is 1. The molecule has 0 aliphatic heterocycles. The molecule has 18 heavy (non-hydrogen) atoms. The van der Waals surface area contributed by atoms with Crippen molar-refractivity contribution in [3.05, 3.63) is 0 Å². The molecule has 10 nitrogen and oxygen atoms in total. The molecular weight excluding hydrogens is 266 g/mol. The normalized spacial score (nSPS) is 11.5. The summed E-state index contributed by atoms with van der Waals surface area (Å²) >= 11 is 0. The molecule has 3 N–H and O–H groups in total. The van der Waals surface area contributed by atoms with E-state index in [1.54, 1.807) is 0 Å². The van der Waals surface area contributed by atoms with Crippen molar-refractivity contribution in [2.45, 2.75) is 6.42 Å². The van der Waals surface area contributed by atoms with Crippen molar-refractivity contribution in [1.82, 2.24) is 19.5 Å². The zero-order chi connectivity index (χ0) is 13.8. The summed E-state index contributed by atoms with van der Waals surface area (Å²) in [6.07, 6.45) is -0.295. The van der Waals surface area contributed by atoms with Crippen molar-refractivity contribution < 1.29 is 23.1 Å². The molecule has 0 aliphatic rings. The minimum absolute atomic E-state index is 0.0131. The zero-order valence-electron chi connectivity index (χ0n) is 9.74. The van der Waals surface area contributed by atoms with Crippen LogP contribution in [-0.4, -0.2) is 59.7 Å². The molecule has 1 rings (SSSR count). The fraction of sp³-hybridized carbons (Fsp3) is 0.571. The van der Waals surface area contributed by atoms with E-state index in [1.165, 1.54) is 14.2 Å². The van der Waals surface area contributed by atoms with Gasteiger partial charge in [-0.15, -0.1) is 5.10 Å². The van der Waals surface area contributed by atoms with E-state index in [-0.39, 0.29) is 24.9 Å². The Morgan fingerprint density at radius 2 is 2.28 bits per heavy atom. The highest BCUT2D eigenvalue weighted by atomic mass is 32.2. The fourth-order valence-corrected chi connectivity index (χ4v) is 1.78. The average Bonchev–Trinajstić information content (AvgIpc) is 2.72. The number of ether oxygens (including phenoxy) is 1. The third-order valence-electron chi connectivity index (χ3n) is 1.92. The monoisotopic (exact) mass is 279 g/mol. The Labute approximate surface area is 103 Å². The van der Waals surface area contributed by atoms with E-state index in [0.717, 1.165) is 4.31 Å². The number of hydrogen-bond acceptors (Lipinski definition) is 6. The standard InChI is InChI=1S/C7H13N5O5S/c1-12(4-3-5(13)14)18(15,16)11-6-8-7(17-2)10-9-6/h3-4H2,1-2H3,(H,13,14)(H2,8,9,10,11). The molecule has 102 valence electrons. The molecule has 0 aliphatic carbocycles. The number of rotatable bonds is 7. The molecule has 0 aromatic carbocycles. The fourth-order valence-electron chi connectivity index (χ4n) is 0.957. The van der Waals surface area contributed by atoms with Crippen LogP contribution in [0.2, 0.25) is 0 Å². The molecule has 0 atom stereocenters. The molecule has 1 aromatic heterocycles. The maximum Gasteiger partial charge on any atom is 0.336 e. The number of carboxylic acids is 1. The maximum absolute atomic E-state index is 11.7. The highest BCUT2D eigenvalue weighted by Gasteiger charge is 2.20. The Bertz CT molecular complexity index is 512. The number of nitrogens with zero attached hydrogens (tertiary/aromatic N) is 3. The van der Waals surface area contributed by atoms with Crippen LogP contribution in [0.4, 0.5) is 5.95 Å². The number of carboxylic acid groups (broad SMARTS) is 1. The number of nitrogens with one attached hydrogen (secondary N) is 2. The summed E-state index contributed by atoms with van der Waals surface area (Å²) in [6.45, 7) is -0.157. The first-order valence-electron chi connectivity index (χ1n) is 4.77. The Kier molecular flexibility index (Phi) is 4.44. The summed E-state index contributed by atoms with van der Waals surface area (Å²) in [5, 5.41) is 14.3. The van der Waals surface area contributed by atoms with Gasteiger partial charge in [-0.05, 0) is 0 Å². The predicted octanol–water partition coefficient (Wildman–Crippen LogP) is -1.12. The first kappa shape index (κ1) is 14.2. The van der Waals surface area contributed by atoms with Crippen LogP contribution < -0.4 is 9.46 Å². The van der Waals surface area contributed by atoms with Gasteiger partial charge in [0.15, 0.2) is 0 Å². The summed E-state index contributed by atoms with van der Waals surface area (Å²) in [5.74, 6) is -1.20. The highest BCUT2D eigenvalue weighted by Crippen LogP contribution is 2.08. The van der Waals surface area contributed by atoms with Crippen LogP contribution in [0, 0.1) is 0 Å². The summed E-state index contributed by atoms with van der Waals surface area (Å²) in [6, 6.07) is -0.0131. The number of H-pyrrole nitrogens is 1. The van der Waals surface area contributed by atoms with Gasteiger partial charge < -0.3 is 9.84 Å². The molecule has 0 spiro atoms. The predicted molar refractivity (Wildman–Crippen MR) is 60.4 cm³/mol. The van der Waals surface area contributed by atoms with Gasteiger partial charge in [0.1, 0.15) is 0 Å². The van der Waals surface area contributed by atoms with Crippen molar-refractivity contribution in [3.63, 3.8) is 0 Å². The largest absolute Gasteiger partial charge is 0.481 e. The van der Waals surface area contributed by atoms with E-state index < -0.39 is 16.2 Å². The lowest BCUT2D eigenvalue weighted by Crippen LogP contribution is -2.34. The van der Waals surface area contributed by atoms with Gasteiger partial charge in [0.25, 0.3) is 0 Å². The molecule has 1 aromatic rings. The van der Waals surface area contributed by atoms with Gasteiger partial charge >= 0.3 is 22.2 Å². The topological polar surface area (TPSA) is 138 Å². The molecular formula is C7H13N5O5S. The first-order chi connectivity index (χ1) is 8.35. The SMILES string of the molecule is COc1n[nH]c(NS(=O)(=O)N(C)CCC(=O)O)n1. The smallest absolute Gasteiger partial charge is 0.336 e. The number of hydrogen-bond donors (Lipinski definition) is 3. The lowest BCUT2D eigenvalue weighted by Gasteiger charge is -2.15. The second kappa shape index (κ2) is 5.64. The quantitative estimate of drug-likeness (QED) is 0.574. The van der Waals surface area contributed by atoms with Crippen LogP contribution in [0.15, 0.2) is 0 Å². The van der Waals surface area contributed by atoms with Gasteiger partial charge in [-0.1, -0.05) is 0 Å². The lowest BCUT2D eigenvalue weighted by molar-refractivity contribution is -0.137. The van der Waals surface area contributed by atoms with Crippen LogP contribution in [0.25, 0.3) is 0 Å². The highest BCUT2D eigenvalue weighted by molar-refractivity contribution is 7.90. The van der Waals surface area contributed by atoms with E-state index in [1.807, 2.05) is 0 Å². The Hall–Kier alpha value is -1.88. The van der Waals surface area contributed by atoms with E-state index in [4.69, 9.17) is 5.11 Å². The van der Waals surface area contributed by atoms with Crippen LogP contribution in [0.5, 0.6) is 6.01 Å². The Morgan fingerprint density at radius 3 is 2.78 bits per heavy atom. The lowest BCUT2D eigenvalue weighted by atomic mass is 10.4. The number of methoxy groups -OCH3 is 1. The van der Waals surface area contributed by atoms with Crippen LogP contribution >= 0.6 is 0 Å². The van der Waals surface area contributed by atoms with Gasteiger partial charge in [-0.2, -0.15) is 17.7 Å². The minimum Gasteiger partial charge on any atom is -0.481 e. The van der Waals surface area contributed by atoms with Gasteiger partial charge in [0.2, 0.25) is 5.95 Å². The molecule has 0 radical (unpaired) electrons. The first-order valence-corrected chi connectivity index (χ1v) is 6.21. The minimum atomic E-state index is -3.87. The van der Waals surface area contributed by atoms with Gasteiger partial charge in [-0.25, -0.2) is 9.82 Å².